The van der Waals surface area contributed by atoms with Crippen LogP contribution in [0.5, 0.6) is 0 Å². The van der Waals surface area contributed by atoms with Crippen molar-refractivity contribution in [1.82, 2.24) is 19.6 Å². The van der Waals surface area contributed by atoms with Gasteiger partial charge in [-0.3, -0.25) is 10.1 Å². The van der Waals surface area contributed by atoms with Gasteiger partial charge in [-0.1, -0.05) is 19.1 Å². The number of nitrogens with one attached hydrogen (secondary N) is 2. The molecule has 0 radical (unpaired) electrons. The minimum Gasteiger partial charge on any atom is -0.382 e. The van der Waals surface area contributed by atoms with Gasteiger partial charge in [0.05, 0.1) is 0 Å². The Morgan fingerprint density at radius 2 is 1.87 bits per heavy atom. The van der Waals surface area contributed by atoms with Crippen molar-refractivity contribution in [3.63, 3.8) is 0 Å². The number of urea groups is 1. The van der Waals surface area contributed by atoms with E-state index in [1.807, 2.05) is 25.1 Å². The summed E-state index contributed by atoms with van der Waals surface area (Å²) in [4.78, 5) is 33.0. The highest BCUT2D eigenvalue weighted by molar-refractivity contribution is 6.08. The second kappa shape index (κ2) is 8.23. The molecule has 0 saturated heterocycles. The maximum atomic E-state index is 12.5. The fourth-order valence-corrected chi connectivity index (χ4v) is 3.33. The molecule has 1 aromatic carbocycles. The second-order valence-electron chi connectivity index (χ2n) is 7.01. The number of aromatic nitrogens is 4. The predicted octanol–water partition coefficient (Wildman–Crippen LogP) is 3.92. The summed E-state index contributed by atoms with van der Waals surface area (Å²) in [7, 11) is 0. The number of fused-ring (bicyclic) bond motifs is 1. The Bertz CT molecular complexity index is 1280. The van der Waals surface area contributed by atoms with Crippen molar-refractivity contribution >= 4 is 34.7 Å². The summed E-state index contributed by atoms with van der Waals surface area (Å²) in [5.74, 6) is 0.729. The number of nitrogens with two attached hydrogens (primary N) is 1. The fourth-order valence-electron chi connectivity index (χ4n) is 3.33. The molecular weight excluding hydrogens is 394 g/mol. The van der Waals surface area contributed by atoms with Gasteiger partial charge < -0.3 is 11.1 Å². The molecule has 2 amide bonds. The molecule has 0 saturated carbocycles. The largest absolute Gasteiger partial charge is 0.382 e. The van der Waals surface area contributed by atoms with Crippen LogP contribution in [0.2, 0.25) is 0 Å². The highest BCUT2D eigenvalue weighted by atomic mass is 16.2. The van der Waals surface area contributed by atoms with Crippen molar-refractivity contribution < 1.29 is 9.59 Å². The lowest BCUT2D eigenvalue weighted by atomic mass is 9.99. The van der Waals surface area contributed by atoms with Gasteiger partial charge in [0, 0.05) is 35.6 Å². The molecule has 0 aliphatic heterocycles. The van der Waals surface area contributed by atoms with Crippen molar-refractivity contribution in [2.24, 2.45) is 0 Å². The molecule has 0 atom stereocenters. The van der Waals surface area contributed by atoms with Crippen LogP contribution >= 0.6 is 0 Å². The fraction of sp³-hybridized carbons (Fsp3) is 0.136. The normalized spacial score (nSPS) is 10.8. The van der Waals surface area contributed by atoms with Gasteiger partial charge >= 0.3 is 6.03 Å². The van der Waals surface area contributed by atoms with Crippen molar-refractivity contribution in [2.45, 2.75) is 20.3 Å². The van der Waals surface area contributed by atoms with Gasteiger partial charge in [0.1, 0.15) is 17.7 Å². The number of nitrogen functional groups attached to an aromatic ring is 1. The van der Waals surface area contributed by atoms with Crippen LogP contribution in [0.3, 0.4) is 0 Å². The van der Waals surface area contributed by atoms with Crippen LogP contribution in [0.1, 0.15) is 29.3 Å². The SMILES string of the molecule is CCC(=O)c1cn2ncnc(N)c2c1-c1ccc(NC(=O)Nc2cc(C)ccn2)cc1. The zero-order valence-corrected chi connectivity index (χ0v) is 17.1. The first-order valence-electron chi connectivity index (χ1n) is 9.72. The van der Waals surface area contributed by atoms with Gasteiger partial charge in [0.2, 0.25) is 0 Å². The van der Waals surface area contributed by atoms with E-state index in [1.54, 1.807) is 42.0 Å². The summed E-state index contributed by atoms with van der Waals surface area (Å²) in [5, 5.41) is 9.63. The summed E-state index contributed by atoms with van der Waals surface area (Å²) in [6.45, 7) is 3.72. The van der Waals surface area contributed by atoms with E-state index in [2.05, 4.69) is 25.7 Å². The Balaban J connectivity index is 1.62. The molecule has 4 aromatic rings. The number of benzene rings is 1. The summed E-state index contributed by atoms with van der Waals surface area (Å²) in [6, 6.07) is 10.4. The van der Waals surface area contributed by atoms with Crippen molar-refractivity contribution in [3.8, 4) is 11.1 Å². The minimum absolute atomic E-state index is 0.0212. The van der Waals surface area contributed by atoms with E-state index in [0.717, 1.165) is 11.1 Å². The van der Waals surface area contributed by atoms with E-state index >= 15 is 0 Å². The number of carbonyl (C=O) groups is 2. The number of pyridine rings is 1. The Morgan fingerprint density at radius 1 is 1.10 bits per heavy atom. The van der Waals surface area contributed by atoms with Gasteiger partial charge in [0.15, 0.2) is 11.6 Å². The van der Waals surface area contributed by atoms with E-state index in [-0.39, 0.29) is 11.6 Å². The maximum Gasteiger partial charge on any atom is 0.324 e. The molecule has 0 aliphatic rings. The molecule has 0 aliphatic carbocycles. The van der Waals surface area contributed by atoms with Crippen LogP contribution in [0.25, 0.3) is 16.6 Å². The summed E-state index contributed by atoms with van der Waals surface area (Å²) in [6.07, 6.45) is 5.00. The summed E-state index contributed by atoms with van der Waals surface area (Å²) < 4.78 is 1.56. The minimum atomic E-state index is -0.403. The van der Waals surface area contributed by atoms with Crippen LogP contribution in [0, 0.1) is 6.92 Å². The lowest BCUT2D eigenvalue weighted by molar-refractivity contribution is 0.0988. The maximum absolute atomic E-state index is 12.5. The smallest absolute Gasteiger partial charge is 0.324 e. The third kappa shape index (κ3) is 4.06. The molecule has 9 heteroatoms. The summed E-state index contributed by atoms with van der Waals surface area (Å²) in [5.41, 5.74) is 10.2. The van der Waals surface area contributed by atoms with E-state index in [1.165, 1.54) is 6.33 Å². The Labute approximate surface area is 178 Å². The van der Waals surface area contributed by atoms with Gasteiger partial charge in [-0.2, -0.15) is 5.10 Å². The number of hydrogen-bond donors (Lipinski definition) is 3. The zero-order chi connectivity index (χ0) is 22.0. The first-order valence-corrected chi connectivity index (χ1v) is 9.72. The lowest BCUT2D eigenvalue weighted by Gasteiger charge is -2.09. The van der Waals surface area contributed by atoms with Crippen LogP contribution in [-0.2, 0) is 0 Å². The number of carbonyl (C=O) groups excluding carboxylic acids is 2. The van der Waals surface area contributed by atoms with Gasteiger partial charge in [-0.15, -0.1) is 0 Å². The first kappa shape index (κ1) is 20.0. The molecule has 156 valence electrons. The van der Waals surface area contributed by atoms with E-state index in [9.17, 15) is 9.59 Å². The Hall–Kier alpha value is -4.27. The highest BCUT2D eigenvalue weighted by Gasteiger charge is 2.20. The predicted molar refractivity (Wildman–Crippen MR) is 119 cm³/mol. The molecular formula is C22H21N7O2. The van der Waals surface area contributed by atoms with Crippen molar-refractivity contribution in [3.05, 3.63) is 66.2 Å². The zero-order valence-electron chi connectivity index (χ0n) is 17.1. The van der Waals surface area contributed by atoms with E-state index in [4.69, 9.17) is 5.73 Å². The number of ketones is 1. The number of Topliss-reactive ketones (excluding diaryl/α,β-unsaturated/α-hetero) is 1. The molecule has 0 fully saturated rings. The van der Waals surface area contributed by atoms with Crippen molar-refractivity contribution in [1.29, 1.82) is 0 Å². The number of rotatable bonds is 5. The average Bonchev–Trinajstić information content (AvgIpc) is 3.14. The number of hydrogen-bond acceptors (Lipinski definition) is 6. The third-order valence-electron chi connectivity index (χ3n) is 4.81. The molecule has 0 spiro atoms. The topological polar surface area (TPSA) is 127 Å². The molecule has 3 aromatic heterocycles. The van der Waals surface area contributed by atoms with Crippen LogP contribution in [0.15, 0.2) is 55.1 Å². The quantitative estimate of drug-likeness (QED) is 0.424. The van der Waals surface area contributed by atoms with Crippen LogP contribution in [0.4, 0.5) is 22.1 Å². The molecule has 0 bridgehead atoms. The molecule has 3 heterocycles. The van der Waals surface area contributed by atoms with Gasteiger partial charge in [-0.25, -0.2) is 19.3 Å². The summed E-state index contributed by atoms with van der Waals surface area (Å²) >= 11 is 0. The van der Waals surface area contributed by atoms with Crippen LogP contribution < -0.4 is 16.4 Å². The number of aryl methyl sites for hydroxylation is 1. The number of anilines is 3. The van der Waals surface area contributed by atoms with E-state index < -0.39 is 6.03 Å². The first-order chi connectivity index (χ1) is 15.0. The molecule has 4 rings (SSSR count). The van der Waals surface area contributed by atoms with E-state index in [0.29, 0.717) is 34.6 Å². The van der Waals surface area contributed by atoms with Gasteiger partial charge in [0.25, 0.3) is 0 Å². The molecule has 4 N–H and O–H groups in total. The number of amides is 2. The standard InChI is InChI=1S/C22H21N7O2/c1-3-17(30)16-11-29-20(21(23)25-12-26-29)19(16)14-4-6-15(7-5-14)27-22(31)28-18-10-13(2)8-9-24-18/h4-12H,3H2,1-2H3,(H2,23,25,26)(H2,24,27,28,31). The van der Waals surface area contributed by atoms with Crippen LogP contribution in [-0.4, -0.2) is 31.4 Å². The Morgan fingerprint density at radius 3 is 2.58 bits per heavy atom. The molecule has 9 nitrogen and oxygen atoms in total. The monoisotopic (exact) mass is 415 g/mol. The van der Waals surface area contributed by atoms with Crippen molar-refractivity contribution in [2.75, 3.05) is 16.4 Å². The molecule has 0 unspecified atom stereocenters. The van der Waals surface area contributed by atoms with Gasteiger partial charge in [-0.05, 0) is 42.3 Å². The lowest BCUT2D eigenvalue weighted by Crippen LogP contribution is -2.20. The third-order valence-corrected chi connectivity index (χ3v) is 4.81. The number of nitrogens with zero attached hydrogens (tertiary/aromatic N) is 4. The highest BCUT2D eigenvalue weighted by Crippen LogP contribution is 2.33. The average molecular weight is 415 g/mol. The second-order valence-corrected chi connectivity index (χ2v) is 7.01. The molecule has 31 heavy (non-hydrogen) atoms. The Kier molecular flexibility index (Phi) is 5.31.